The highest BCUT2D eigenvalue weighted by Gasteiger charge is 2.23. The summed E-state index contributed by atoms with van der Waals surface area (Å²) >= 11 is 20.3. The van der Waals surface area contributed by atoms with Crippen LogP contribution in [0.3, 0.4) is 0 Å². The Hall–Kier alpha value is -4.05. The van der Waals surface area contributed by atoms with Crippen LogP contribution in [0.2, 0.25) is 0 Å². The van der Waals surface area contributed by atoms with E-state index >= 15 is 0 Å². The van der Waals surface area contributed by atoms with Crippen LogP contribution in [-0.4, -0.2) is 135 Å². The highest BCUT2D eigenvalue weighted by Crippen LogP contribution is 2.22. The molecule has 0 amide bonds. The van der Waals surface area contributed by atoms with Crippen molar-refractivity contribution in [2.45, 2.75) is 599 Å². The smallest absolute Gasteiger partial charge is 0.463 e. The molecule has 1 N–H and O–H groups in total. The zero-order chi connectivity index (χ0) is 100. The predicted octanol–water partition coefficient (Wildman–Crippen LogP) is 35.5. The molecular formula is C111H208Cl4O21. The van der Waals surface area contributed by atoms with Gasteiger partial charge in [-0.2, -0.15) is 0 Å². The molecule has 0 aliphatic rings. The van der Waals surface area contributed by atoms with Crippen LogP contribution < -0.4 is 0 Å². The summed E-state index contributed by atoms with van der Waals surface area (Å²) in [6.07, 6.45) is 94.7. The van der Waals surface area contributed by atoms with Gasteiger partial charge in [-0.15, -0.1) is 0 Å². The molecule has 1 unspecified atom stereocenters. The molecule has 0 saturated carbocycles. The lowest BCUT2D eigenvalue weighted by atomic mass is 10.0. The molecule has 0 fully saturated rings. The van der Waals surface area contributed by atoms with Crippen molar-refractivity contribution in [1.82, 2.24) is 0 Å². The minimum atomic E-state index is -0.991. The molecule has 0 bridgehead atoms. The van der Waals surface area contributed by atoms with Crippen molar-refractivity contribution in [2.75, 3.05) is 57.8 Å². The van der Waals surface area contributed by atoms with E-state index in [1.54, 1.807) is 0 Å². The maximum absolute atomic E-state index is 12.4. The molecule has 0 rings (SSSR count). The lowest BCUT2D eigenvalue weighted by molar-refractivity contribution is -0.162. The number of alkyl halides is 3. The first-order chi connectivity index (χ1) is 66.4. The van der Waals surface area contributed by atoms with E-state index in [1.165, 1.54) is 398 Å². The van der Waals surface area contributed by atoms with Gasteiger partial charge in [0.25, 0.3) is 0 Å². The van der Waals surface area contributed by atoms with Crippen molar-refractivity contribution in [1.29, 1.82) is 0 Å². The number of aliphatic hydroxyl groups excluding tert-OH is 1. The second kappa shape index (κ2) is 120. The van der Waals surface area contributed by atoms with Crippen molar-refractivity contribution in [2.24, 2.45) is 0 Å². The monoisotopic (exact) mass is 2020 g/mol. The van der Waals surface area contributed by atoms with E-state index in [1.807, 2.05) is 0 Å². The minimum Gasteiger partial charge on any atom is -0.463 e. The van der Waals surface area contributed by atoms with Gasteiger partial charge in [-0.1, -0.05) is 539 Å². The first-order valence-electron chi connectivity index (χ1n) is 56.2. The van der Waals surface area contributed by atoms with Gasteiger partial charge in [-0.25, -0.2) is 14.4 Å². The van der Waals surface area contributed by atoms with Gasteiger partial charge >= 0.3 is 53.6 Å². The topological polar surface area (TPSA) is 275 Å². The first kappa shape index (κ1) is 138. The molecule has 0 aliphatic carbocycles. The van der Waals surface area contributed by atoms with Gasteiger partial charge in [0.05, 0.1) is 0 Å². The lowest BCUT2D eigenvalue weighted by Gasteiger charge is -2.18. The third-order valence-electron chi connectivity index (χ3n) is 24.5. The molecule has 0 aliphatic heterocycles. The summed E-state index contributed by atoms with van der Waals surface area (Å²) in [6, 6.07) is -0.873. The van der Waals surface area contributed by atoms with Crippen LogP contribution in [-0.2, 0) is 80.9 Å². The molecule has 0 aromatic rings. The number of hydrogen-bond acceptors (Lipinski definition) is 21. The Labute approximate surface area is 852 Å². The van der Waals surface area contributed by atoms with Crippen LogP contribution in [0.1, 0.15) is 581 Å². The van der Waals surface area contributed by atoms with E-state index in [0.717, 1.165) is 103 Å². The van der Waals surface area contributed by atoms with Gasteiger partial charge < -0.3 is 57.2 Å². The quantitative estimate of drug-likeness (QED) is 0.0195. The largest absolute Gasteiger partial charge is 0.510 e. The molecule has 0 radical (unpaired) electrons. The van der Waals surface area contributed by atoms with Crippen molar-refractivity contribution in [3.8, 4) is 0 Å². The van der Waals surface area contributed by atoms with E-state index in [-0.39, 0.29) is 100 Å². The summed E-state index contributed by atoms with van der Waals surface area (Å²) in [5.74, 6) is -1.98. The average molecular weight is 2020 g/mol. The van der Waals surface area contributed by atoms with Crippen LogP contribution in [0, 0.1) is 0 Å². The fourth-order valence-corrected chi connectivity index (χ4v) is 16.4. The molecule has 0 aromatic heterocycles. The van der Waals surface area contributed by atoms with Crippen LogP contribution >= 0.6 is 46.4 Å². The molecule has 0 aromatic carbocycles. The minimum absolute atomic E-state index is 0.108. The van der Waals surface area contributed by atoms with Crippen LogP contribution in [0.25, 0.3) is 0 Å². The molecule has 25 heteroatoms. The highest BCUT2D eigenvalue weighted by atomic mass is 35.5. The number of halogens is 4. The number of unbranched alkanes of at least 4 members (excludes halogenated alkanes) is 72. The third-order valence-corrected chi connectivity index (χ3v) is 25.0. The first-order valence-corrected chi connectivity index (χ1v) is 58.2. The Morgan fingerprint density at radius 1 is 0.184 bits per heavy atom. The van der Waals surface area contributed by atoms with Crippen molar-refractivity contribution in [3.05, 3.63) is 0 Å². The molecule has 0 heterocycles. The summed E-state index contributed by atoms with van der Waals surface area (Å²) in [4.78, 5) is 106. The Balaban J connectivity index is -0.000000932. The van der Waals surface area contributed by atoms with Crippen molar-refractivity contribution in [3.63, 3.8) is 0 Å². The zero-order valence-electron chi connectivity index (χ0n) is 88.1. The van der Waals surface area contributed by atoms with Gasteiger partial charge in [0.1, 0.15) is 45.7 Å². The van der Waals surface area contributed by atoms with Gasteiger partial charge in [-0.05, 0) is 38.5 Å². The molecule has 21 nitrogen and oxygen atoms in total. The van der Waals surface area contributed by atoms with Gasteiger partial charge in [0.2, 0.25) is 0 Å². The van der Waals surface area contributed by atoms with E-state index in [4.69, 9.17) is 72.7 Å². The van der Waals surface area contributed by atoms with E-state index in [9.17, 15) is 48.3 Å². The number of aliphatic hydroxyl groups is 1. The summed E-state index contributed by atoms with van der Waals surface area (Å²) in [5.41, 5.74) is -0.870. The Morgan fingerprint density at radius 3 is 0.515 bits per heavy atom. The SMILES string of the molecule is CCCCCCCCCCCCCCCC(=O)OCC(COC(=O)CCCCCCCCCCCCCCC)OC(=O)OCCl.CCCCCCCCCCCCCCCC(=O)OCC(COC(=O)OCCl)OC(=O)CCCCCCCCCCCCCCC.CCCCCCCCCCCCCCCC(=O)OCC(O)COC(=O)CCCCCCCCCCCCCCC.O=C(Cl)OCCl. The van der Waals surface area contributed by atoms with Gasteiger partial charge in [-0.3, -0.25) is 28.8 Å². The van der Waals surface area contributed by atoms with Crippen molar-refractivity contribution < 1.29 is 100 Å². The number of esters is 6. The van der Waals surface area contributed by atoms with E-state index in [0.29, 0.717) is 32.1 Å². The Kier molecular flexibility index (Phi) is 122. The van der Waals surface area contributed by atoms with Gasteiger partial charge in [0.15, 0.2) is 30.4 Å². The molecule has 1 atom stereocenters. The van der Waals surface area contributed by atoms with E-state index < -0.39 is 36.1 Å². The van der Waals surface area contributed by atoms with Gasteiger partial charge in [0, 0.05) is 50.1 Å². The maximum Gasteiger partial charge on any atom is 0.510 e. The summed E-state index contributed by atoms with van der Waals surface area (Å²) in [5, 5.41) is 9.96. The second-order valence-corrected chi connectivity index (χ2v) is 38.6. The Bertz CT molecular complexity index is 2450. The normalized spacial score (nSPS) is 11.2. The molecular weight excluding hydrogens is 1810 g/mol. The maximum atomic E-state index is 12.4. The van der Waals surface area contributed by atoms with Crippen LogP contribution in [0.4, 0.5) is 14.4 Å². The number of carbonyl (C=O) groups excluding carboxylic acids is 9. The second-order valence-electron chi connectivity index (χ2n) is 37.7. The highest BCUT2D eigenvalue weighted by molar-refractivity contribution is 6.61. The van der Waals surface area contributed by atoms with Crippen molar-refractivity contribution >= 4 is 100.0 Å². The molecule has 0 spiro atoms. The third kappa shape index (κ3) is 122. The number of ether oxygens (including phenoxy) is 11. The number of carbonyl (C=O) groups is 9. The standard InChI is InChI=1S/2C37H69ClO7.C35H68O5.C2H2Cl2O2/c1-3-5-7-9-11-13-15-17-19-21-23-25-27-29-35(39)42-31-34(32-43-37(41)44-33-38)45-36(40)30-28-26-24-22-20-18-16-14-12-10-8-6-4-2;1-3-5-7-9-11-13-15-17-19-21-23-25-27-29-35(39)42-31-34(45-37(41)44-33-38)32-43-36(40)30-28-26-24-22-20-18-16-14-12-10-8-6-4-2;1-3-5-7-9-11-13-15-17-19-21-23-25-27-29-34(37)39-31-33(36)32-40-35(38)30-28-26-24-22-20-18-16-14-12-10-8-6-4-2;3-1-6-2(4)5/h2*34H,3-33H2,1-2H3;33,36H,3-32H2,1-2H3;1H2. The molecule has 806 valence electrons. The summed E-state index contributed by atoms with van der Waals surface area (Å²) in [7, 11) is 0. The Morgan fingerprint density at radius 2 is 0.338 bits per heavy atom. The summed E-state index contributed by atoms with van der Waals surface area (Å²) in [6.45, 7) is 12.5. The fourth-order valence-electron chi connectivity index (χ4n) is 16.0. The average Bonchev–Trinajstić information content (AvgIpc) is 0.940. The molecule has 136 heavy (non-hydrogen) atoms. The zero-order valence-corrected chi connectivity index (χ0v) is 91.1. The lowest BCUT2D eigenvalue weighted by Crippen LogP contribution is -2.31. The van der Waals surface area contributed by atoms with E-state index in [2.05, 4.69) is 67.4 Å². The number of rotatable bonds is 101. The van der Waals surface area contributed by atoms with Crippen LogP contribution in [0.15, 0.2) is 0 Å². The number of hydrogen-bond donors (Lipinski definition) is 1. The predicted molar refractivity (Wildman–Crippen MR) is 561 cm³/mol. The molecule has 0 saturated heterocycles. The fraction of sp³-hybridized carbons (Fsp3) is 0.919. The summed E-state index contributed by atoms with van der Waals surface area (Å²) < 4.78 is 55.0. The van der Waals surface area contributed by atoms with Crippen LogP contribution in [0.5, 0.6) is 0 Å².